The van der Waals surface area contributed by atoms with E-state index in [1.54, 1.807) is 6.07 Å². The Morgan fingerprint density at radius 1 is 1.00 bits per heavy atom. The Morgan fingerprint density at radius 2 is 1.69 bits per heavy atom. The average molecular weight is 496 g/mol. The summed E-state index contributed by atoms with van der Waals surface area (Å²) in [5.74, 6) is -0.686. The van der Waals surface area contributed by atoms with E-state index in [4.69, 9.17) is 4.42 Å². The van der Waals surface area contributed by atoms with E-state index >= 15 is 0 Å². The number of nitrogens with zero attached hydrogens (tertiary/aromatic N) is 1. The minimum atomic E-state index is -0.870. The van der Waals surface area contributed by atoms with Crippen molar-refractivity contribution >= 4 is 29.1 Å². The van der Waals surface area contributed by atoms with Gasteiger partial charge < -0.3 is 20.0 Å². The molecule has 3 amide bonds. The summed E-state index contributed by atoms with van der Waals surface area (Å²) in [4.78, 5) is 41.9. The number of rotatable bonds is 9. The molecule has 3 aromatic rings. The molecule has 1 atom stereocenters. The number of thiophene rings is 1. The van der Waals surface area contributed by atoms with Crippen LogP contribution in [0.2, 0.25) is 0 Å². The first-order valence-electron chi connectivity index (χ1n) is 11.6. The van der Waals surface area contributed by atoms with Crippen LogP contribution in [-0.4, -0.2) is 34.7 Å². The molecule has 0 aliphatic heterocycles. The van der Waals surface area contributed by atoms with Gasteiger partial charge in [0.25, 0.3) is 5.91 Å². The molecule has 0 fully saturated rings. The Labute approximate surface area is 210 Å². The fraction of sp³-hybridized carbons (Fsp3) is 0.370. The van der Waals surface area contributed by atoms with Gasteiger partial charge in [0.2, 0.25) is 11.8 Å². The zero-order chi connectivity index (χ0) is 25.6. The van der Waals surface area contributed by atoms with Crippen LogP contribution in [0.4, 0.5) is 0 Å². The van der Waals surface area contributed by atoms with E-state index in [0.29, 0.717) is 11.5 Å². The van der Waals surface area contributed by atoms with E-state index in [1.165, 1.54) is 28.6 Å². The third kappa shape index (κ3) is 7.29. The van der Waals surface area contributed by atoms with Crippen LogP contribution in [0.5, 0.6) is 0 Å². The molecule has 0 saturated carbocycles. The highest BCUT2D eigenvalue weighted by Crippen LogP contribution is 2.27. The summed E-state index contributed by atoms with van der Waals surface area (Å²) in [5.41, 5.74) is 1.36. The molecule has 1 unspecified atom stereocenters. The molecular weight excluding hydrogens is 462 g/mol. The maximum Gasteiger partial charge on any atom is 0.287 e. The first-order chi connectivity index (χ1) is 16.5. The molecule has 1 aromatic carbocycles. The van der Waals surface area contributed by atoms with Crippen molar-refractivity contribution in [3.63, 3.8) is 0 Å². The molecule has 2 aromatic heterocycles. The van der Waals surface area contributed by atoms with Gasteiger partial charge in [-0.15, -0.1) is 11.3 Å². The minimum Gasteiger partial charge on any atom is -0.459 e. The first kappa shape index (κ1) is 26.2. The Hall–Kier alpha value is -3.39. The van der Waals surface area contributed by atoms with Crippen molar-refractivity contribution in [3.8, 4) is 0 Å². The maximum absolute atomic E-state index is 13.6. The summed E-state index contributed by atoms with van der Waals surface area (Å²) in [6.07, 6.45) is 1.40. The second-order valence-electron chi connectivity index (χ2n) is 9.72. The van der Waals surface area contributed by atoms with Crippen molar-refractivity contribution in [1.29, 1.82) is 0 Å². The smallest absolute Gasteiger partial charge is 0.287 e. The lowest BCUT2D eigenvalue weighted by molar-refractivity contribution is -0.141. The van der Waals surface area contributed by atoms with Crippen molar-refractivity contribution in [2.45, 2.75) is 58.7 Å². The summed E-state index contributed by atoms with van der Waals surface area (Å²) in [5, 5.41) is 7.56. The van der Waals surface area contributed by atoms with E-state index in [0.717, 1.165) is 10.4 Å². The number of hydrogen-bond donors (Lipinski definition) is 2. The molecule has 0 bridgehead atoms. The molecule has 8 heteroatoms. The van der Waals surface area contributed by atoms with Crippen LogP contribution >= 0.6 is 11.3 Å². The molecule has 0 aliphatic rings. The zero-order valence-corrected chi connectivity index (χ0v) is 21.6. The maximum atomic E-state index is 13.6. The SMILES string of the molecule is CC(C)c1ccc(C(C(=O)NC(C)(C)C)N(Cc2cccs2)C(=O)CNC(=O)c2ccco2)cc1. The molecule has 7 nitrogen and oxygen atoms in total. The van der Waals surface area contributed by atoms with E-state index in [9.17, 15) is 14.4 Å². The number of hydrogen-bond acceptors (Lipinski definition) is 5. The highest BCUT2D eigenvalue weighted by molar-refractivity contribution is 7.09. The van der Waals surface area contributed by atoms with Gasteiger partial charge in [0.1, 0.15) is 6.04 Å². The van der Waals surface area contributed by atoms with Crippen LogP contribution in [0.25, 0.3) is 0 Å². The second kappa shape index (κ2) is 11.4. The van der Waals surface area contributed by atoms with Gasteiger partial charge in [0, 0.05) is 10.4 Å². The van der Waals surface area contributed by atoms with Crippen LogP contribution in [0, 0.1) is 0 Å². The van der Waals surface area contributed by atoms with Crippen LogP contribution in [-0.2, 0) is 16.1 Å². The van der Waals surface area contributed by atoms with Crippen LogP contribution in [0.3, 0.4) is 0 Å². The topological polar surface area (TPSA) is 91.7 Å². The van der Waals surface area contributed by atoms with E-state index < -0.39 is 17.5 Å². The standard InChI is InChI=1S/C27H33N3O4S/c1-18(2)19-10-12-20(13-11-19)24(26(33)29-27(3,4)5)30(17-21-8-7-15-35-21)23(31)16-28-25(32)22-9-6-14-34-22/h6-15,18,24H,16-17H2,1-5H3,(H,28,32)(H,29,33). The van der Waals surface area contributed by atoms with Crippen molar-refractivity contribution in [2.24, 2.45) is 0 Å². The zero-order valence-electron chi connectivity index (χ0n) is 20.8. The van der Waals surface area contributed by atoms with Gasteiger partial charge in [-0.3, -0.25) is 14.4 Å². The molecule has 2 N–H and O–H groups in total. The van der Waals surface area contributed by atoms with Crippen molar-refractivity contribution in [2.75, 3.05) is 6.54 Å². The van der Waals surface area contributed by atoms with Gasteiger partial charge in [-0.1, -0.05) is 44.2 Å². The minimum absolute atomic E-state index is 0.119. The fourth-order valence-electron chi connectivity index (χ4n) is 3.62. The summed E-state index contributed by atoms with van der Waals surface area (Å²) in [6.45, 7) is 9.88. The predicted molar refractivity (Wildman–Crippen MR) is 137 cm³/mol. The highest BCUT2D eigenvalue weighted by Gasteiger charge is 2.33. The number of amides is 3. The Morgan fingerprint density at radius 3 is 2.23 bits per heavy atom. The third-order valence-electron chi connectivity index (χ3n) is 5.35. The van der Waals surface area contributed by atoms with E-state index in [2.05, 4.69) is 24.5 Å². The Balaban J connectivity index is 1.94. The van der Waals surface area contributed by atoms with Gasteiger partial charge in [0.15, 0.2) is 5.76 Å². The second-order valence-corrected chi connectivity index (χ2v) is 10.8. The van der Waals surface area contributed by atoms with Crippen LogP contribution in [0.15, 0.2) is 64.6 Å². The molecule has 3 rings (SSSR count). The average Bonchev–Trinajstić information content (AvgIpc) is 3.50. The van der Waals surface area contributed by atoms with Crippen LogP contribution in [0.1, 0.15) is 73.1 Å². The summed E-state index contributed by atoms with van der Waals surface area (Å²) >= 11 is 1.51. The molecule has 0 spiro atoms. The lowest BCUT2D eigenvalue weighted by Crippen LogP contribution is -2.50. The largest absolute Gasteiger partial charge is 0.459 e. The van der Waals surface area contributed by atoms with Crippen molar-refractivity contribution in [3.05, 3.63) is 81.9 Å². The summed E-state index contributed by atoms with van der Waals surface area (Å²) in [7, 11) is 0. The normalized spacial score (nSPS) is 12.3. The quantitative estimate of drug-likeness (QED) is 0.443. The van der Waals surface area contributed by atoms with Crippen molar-refractivity contribution < 1.29 is 18.8 Å². The van der Waals surface area contributed by atoms with E-state index in [1.807, 2.05) is 62.5 Å². The first-order valence-corrected chi connectivity index (χ1v) is 12.5. The van der Waals surface area contributed by atoms with Gasteiger partial charge in [-0.25, -0.2) is 0 Å². The number of nitrogens with one attached hydrogen (secondary N) is 2. The Bertz CT molecular complexity index is 1110. The van der Waals surface area contributed by atoms with Gasteiger partial charge in [0.05, 0.1) is 19.4 Å². The molecule has 0 aliphatic carbocycles. The van der Waals surface area contributed by atoms with Crippen molar-refractivity contribution in [1.82, 2.24) is 15.5 Å². The lowest BCUT2D eigenvalue weighted by atomic mass is 9.97. The predicted octanol–water partition coefficient (Wildman–Crippen LogP) is 4.88. The van der Waals surface area contributed by atoms with E-state index in [-0.39, 0.29) is 30.7 Å². The summed E-state index contributed by atoms with van der Waals surface area (Å²) in [6, 6.07) is 13.9. The molecular formula is C27H33N3O4S. The highest BCUT2D eigenvalue weighted by atomic mass is 32.1. The number of carbonyl (C=O) groups is 3. The third-order valence-corrected chi connectivity index (χ3v) is 6.21. The monoisotopic (exact) mass is 495 g/mol. The molecule has 0 saturated heterocycles. The molecule has 35 heavy (non-hydrogen) atoms. The van der Waals surface area contributed by atoms with Crippen LogP contribution < -0.4 is 10.6 Å². The number of benzene rings is 1. The number of furan rings is 1. The molecule has 186 valence electrons. The van der Waals surface area contributed by atoms with Gasteiger partial charge in [-0.05, 0) is 61.4 Å². The lowest BCUT2D eigenvalue weighted by Gasteiger charge is -2.33. The van der Waals surface area contributed by atoms with Gasteiger partial charge in [-0.2, -0.15) is 0 Å². The summed E-state index contributed by atoms with van der Waals surface area (Å²) < 4.78 is 5.11. The fourth-order valence-corrected chi connectivity index (χ4v) is 4.32. The van der Waals surface area contributed by atoms with Gasteiger partial charge >= 0.3 is 0 Å². The Kier molecular flexibility index (Phi) is 8.51. The molecule has 0 radical (unpaired) electrons. The number of carbonyl (C=O) groups excluding carboxylic acids is 3. The molecule has 2 heterocycles.